The number of carbonyl (C=O) groups is 1. The van der Waals surface area contributed by atoms with Gasteiger partial charge in [0, 0.05) is 24.1 Å². The summed E-state index contributed by atoms with van der Waals surface area (Å²) < 4.78 is 1.02. The molecule has 0 saturated carbocycles. The topological polar surface area (TPSA) is 43.8 Å². The van der Waals surface area contributed by atoms with Crippen LogP contribution in [0.25, 0.3) is 0 Å². The van der Waals surface area contributed by atoms with Gasteiger partial charge < -0.3 is 10.0 Å². The molecule has 2 atom stereocenters. The van der Waals surface area contributed by atoms with Gasteiger partial charge in [-0.25, -0.2) is 0 Å². The number of likely N-dealkylation sites (N-methyl/N-ethyl adjacent to an activating group) is 1. The van der Waals surface area contributed by atoms with E-state index in [1.807, 2.05) is 31.3 Å². The standard InChI is InChI=1S/C16H23BrN2O2/c1-12-7-8-19(15(12)11-20)10-16(21)18(2)9-13-5-3-4-6-14(13)17/h3-6,12,15,20H,7-11H2,1-2H3. The second kappa shape index (κ2) is 7.38. The number of hydrogen-bond acceptors (Lipinski definition) is 3. The third-order valence-electron chi connectivity index (χ3n) is 4.31. The van der Waals surface area contributed by atoms with E-state index < -0.39 is 0 Å². The summed E-state index contributed by atoms with van der Waals surface area (Å²) in [5.41, 5.74) is 1.10. The first kappa shape index (κ1) is 16.5. The Balaban J connectivity index is 1.93. The highest BCUT2D eigenvalue weighted by Gasteiger charge is 2.32. The summed E-state index contributed by atoms with van der Waals surface area (Å²) in [5, 5.41) is 9.46. The molecule has 1 aliphatic heterocycles. The molecular formula is C16H23BrN2O2. The van der Waals surface area contributed by atoms with Crippen LogP contribution in [0.15, 0.2) is 28.7 Å². The van der Waals surface area contributed by atoms with Crippen molar-refractivity contribution >= 4 is 21.8 Å². The van der Waals surface area contributed by atoms with Crippen LogP contribution in [0.3, 0.4) is 0 Å². The quantitative estimate of drug-likeness (QED) is 0.880. The van der Waals surface area contributed by atoms with Crippen LogP contribution in [0, 0.1) is 5.92 Å². The summed E-state index contributed by atoms with van der Waals surface area (Å²) in [6, 6.07) is 8.06. The zero-order valence-corrected chi connectivity index (χ0v) is 14.2. The predicted molar refractivity (Wildman–Crippen MR) is 86.8 cm³/mol. The van der Waals surface area contributed by atoms with E-state index in [2.05, 4.69) is 27.8 Å². The van der Waals surface area contributed by atoms with Gasteiger partial charge in [-0.05, 0) is 30.5 Å². The number of aliphatic hydroxyl groups is 1. The fourth-order valence-electron chi connectivity index (χ4n) is 2.84. The molecule has 0 aliphatic carbocycles. The normalized spacial score (nSPS) is 22.5. The number of rotatable bonds is 5. The van der Waals surface area contributed by atoms with E-state index in [4.69, 9.17) is 0 Å². The summed E-state index contributed by atoms with van der Waals surface area (Å²) >= 11 is 3.51. The van der Waals surface area contributed by atoms with Crippen LogP contribution >= 0.6 is 15.9 Å². The van der Waals surface area contributed by atoms with Crippen LogP contribution in [-0.4, -0.2) is 53.6 Å². The van der Waals surface area contributed by atoms with Gasteiger partial charge >= 0.3 is 0 Å². The van der Waals surface area contributed by atoms with Crippen molar-refractivity contribution in [2.75, 3.05) is 26.7 Å². The van der Waals surface area contributed by atoms with E-state index in [9.17, 15) is 9.90 Å². The lowest BCUT2D eigenvalue weighted by Gasteiger charge is -2.27. The number of amides is 1. The molecule has 2 rings (SSSR count). The number of carbonyl (C=O) groups excluding carboxylic acids is 1. The molecule has 0 aromatic heterocycles. The van der Waals surface area contributed by atoms with Crippen molar-refractivity contribution in [1.82, 2.24) is 9.80 Å². The van der Waals surface area contributed by atoms with Crippen LogP contribution in [0.1, 0.15) is 18.9 Å². The van der Waals surface area contributed by atoms with E-state index in [0.717, 1.165) is 23.0 Å². The second-order valence-electron chi connectivity index (χ2n) is 5.83. The molecule has 0 bridgehead atoms. The number of hydrogen-bond donors (Lipinski definition) is 1. The molecule has 1 N–H and O–H groups in total. The van der Waals surface area contributed by atoms with E-state index in [1.54, 1.807) is 4.90 Å². The maximum absolute atomic E-state index is 12.4. The third-order valence-corrected chi connectivity index (χ3v) is 5.09. The molecule has 116 valence electrons. The monoisotopic (exact) mass is 354 g/mol. The molecule has 1 heterocycles. The van der Waals surface area contributed by atoms with Gasteiger partial charge in [0.05, 0.1) is 13.2 Å². The highest BCUT2D eigenvalue weighted by molar-refractivity contribution is 9.10. The molecule has 1 fully saturated rings. The Morgan fingerprint density at radius 3 is 2.86 bits per heavy atom. The number of halogens is 1. The van der Waals surface area contributed by atoms with Crippen molar-refractivity contribution in [3.05, 3.63) is 34.3 Å². The Morgan fingerprint density at radius 2 is 2.19 bits per heavy atom. The van der Waals surface area contributed by atoms with E-state index >= 15 is 0 Å². The maximum atomic E-state index is 12.4. The van der Waals surface area contributed by atoms with Crippen LogP contribution in [0.2, 0.25) is 0 Å². The van der Waals surface area contributed by atoms with Gasteiger partial charge in [0.1, 0.15) is 0 Å². The molecule has 0 spiro atoms. The number of nitrogens with zero attached hydrogens (tertiary/aromatic N) is 2. The van der Waals surface area contributed by atoms with Crippen LogP contribution in [0.5, 0.6) is 0 Å². The predicted octanol–water partition coefficient (Wildman–Crippen LogP) is 2.11. The Labute approximate surface area is 134 Å². The number of benzene rings is 1. The zero-order valence-electron chi connectivity index (χ0n) is 12.6. The zero-order chi connectivity index (χ0) is 15.4. The molecule has 2 unspecified atom stereocenters. The van der Waals surface area contributed by atoms with Gasteiger partial charge in [-0.15, -0.1) is 0 Å². The second-order valence-corrected chi connectivity index (χ2v) is 6.68. The summed E-state index contributed by atoms with van der Waals surface area (Å²) in [6.07, 6.45) is 1.05. The van der Waals surface area contributed by atoms with Gasteiger partial charge in [-0.1, -0.05) is 41.1 Å². The SMILES string of the molecule is CC1CCN(CC(=O)N(C)Cc2ccccc2Br)C1CO. The van der Waals surface area contributed by atoms with E-state index in [1.165, 1.54) is 0 Å². The summed E-state index contributed by atoms with van der Waals surface area (Å²) in [4.78, 5) is 16.2. The molecule has 1 amide bonds. The van der Waals surface area contributed by atoms with Crippen LogP contribution < -0.4 is 0 Å². The fraction of sp³-hybridized carbons (Fsp3) is 0.562. The highest BCUT2D eigenvalue weighted by Crippen LogP contribution is 2.23. The average Bonchev–Trinajstić information content (AvgIpc) is 2.81. The smallest absolute Gasteiger partial charge is 0.236 e. The lowest BCUT2D eigenvalue weighted by Crippen LogP contribution is -2.43. The summed E-state index contributed by atoms with van der Waals surface area (Å²) in [6.45, 7) is 4.13. The number of likely N-dealkylation sites (tertiary alicyclic amines) is 1. The molecule has 1 aliphatic rings. The molecule has 0 radical (unpaired) electrons. The van der Waals surface area contributed by atoms with Crippen molar-refractivity contribution < 1.29 is 9.90 Å². The Hall–Kier alpha value is -0.910. The molecule has 4 nitrogen and oxygen atoms in total. The minimum atomic E-state index is 0.0957. The maximum Gasteiger partial charge on any atom is 0.236 e. The summed E-state index contributed by atoms with van der Waals surface area (Å²) in [5.74, 6) is 0.551. The highest BCUT2D eigenvalue weighted by atomic mass is 79.9. The first-order valence-corrected chi connectivity index (χ1v) is 8.14. The summed E-state index contributed by atoms with van der Waals surface area (Å²) in [7, 11) is 1.83. The minimum absolute atomic E-state index is 0.0957. The largest absolute Gasteiger partial charge is 0.395 e. The average molecular weight is 355 g/mol. The molecule has 1 aromatic rings. The number of aliphatic hydroxyl groups excluding tert-OH is 1. The Morgan fingerprint density at radius 1 is 1.48 bits per heavy atom. The van der Waals surface area contributed by atoms with Crippen LogP contribution in [-0.2, 0) is 11.3 Å². The van der Waals surface area contributed by atoms with Gasteiger partial charge in [0.15, 0.2) is 0 Å². The molecule has 5 heteroatoms. The lowest BCUT2D eigenvalue weighted by molar-refractivity contribution is -0.132. The molecule has 21 heavy (non-hydrogen) atoms. The first-order valence-electron chi connectivity index (χ1n) is 7.35. The van der Waals surface area contributed by atoms with E-state index in [-0.39, 0.29) is 18.6 Å². The molecule has 1 saturated heterocycles. The van der Waals surface area contributed by atoms with Gasteiger partial charge in [-0.3, -0.25) is 9.69 Å². The van der Waals surface area contributed by atoms with E-state index in [0.29, 0.717) is 19.0 Å². The molecular weight excluding hydrogens is 332 g/mol. The minimum Gasteiger partial charge on any atom is -0.395 e. The lowest BCUT2D eigenvalue weighted by atomic mass is 10.0. The van der Waals surface area contributed by atoms with Crippen molar-refractivity contribution in [2.45, 2.75) is 25.9 Å². The Bertz CT molecular complexity index is 495. The first-order chi connectivity index (χ1) is 10.0. The van der Waals surface area contributed by atoms with Crippen molar-refractivity contribution in [3.8, 4) is 0 Å². The Kier molecular flexibility index (Phi) is 5.79. The van der Waals surface area contributed by atoms with Crippen molar-refractivity contribution in [3.63, 3.8) is 0 Å². The van der Waals surface area contributed by atoms with Crippen molar-refractivity contribution in [2.24, 2.45) is 5.92 Å². The van der Waals surface area contributed by atoms with Crippen molar-refractivity contribution in [1.29, 1.82) is 0 Å². The fourth-order valence-corrected chi connectivity index (χ4v) is 3.25. The van der Waals surface area contributed by atoms with Gasteiger partial charge in [0.2, 0.25) is 5.91 Å². The third kappa shape index (κ3) is 4.05. The van der Waals surface area contributed by atoms with Gasteiger partial charge in [-0.2, -0.15) is 0 Å². The van der Waals surface area contributed by atoms with Gasteiger partial charge in [0.25, 0.3) is 0 Å². The van der Waals surface area contributed by atoms with Crippen LogP contribution in [0.4, 0.5) is 0 Å². The molecule has 1 aromatic carbocycles.